The van der Waals surface area contributed by atoms with Gasteiger partial charge < -0.3 is 4.55 Å². The van der Waals surface area contributed by atoms with Crippen molar-refractivity contribution in [3.8, 4) is 0 Å². The molecule has 1 atom stereocenters. The van der Waals surface area contributed by atoms with E-state index in [0.29, 0.717) is 16.4 Å². The van der Waals surface area contributed by atoms with Gasteiger partial charge in [0.25, 0.3) is 5.56 Å². The first-order chi connectivity index (χ1) is 8.90. The fourth-order valence-corrected chi connectivity index (χ4v) is 3.12. The molecule has 2 heterocycles. The molecule has 0 fully saturated rings. The Morgan fingerprint density at radius 2 is 1.79 bits per heavy atom. The first kappa shape index (κ1) is 13.9. The molecule has 0 aliphatic heterocycles. The normalized spacial score (nSPS) is 13.1. The number of aryl methyl sites for hydroxylation is 2. The molecule has 0 N–H and O–H groups in total. The molecule has 0 saturated carbocycles. The van der Waals surface area contributed by atoms with Gasteiger partial charge in [-0.05, 0) is 6.42 Å². The van der Waals surface area contributed by atoms with Crippen molar-refractivity contribution >= 4 is 22.3 Å². The van der Waals surface area contributed by atoms with Crippen LogP contribution < -0.4 is 11.2 Å². The van der Waals surface area contributed by atoms with Gasteiger partial charge in [0.1, 0.15) is 5.75 Å². The van der Waals surface area contributed by atoms with Crippen molar-refractivity contribution in [1.29, 1.82) is 0 Å². The molecule has 2 rings (SSSR count). The summed E-state index contributed by atoms with van der Waals surface area (Å²) >= 11 is -1.27. The van der Waals surface area contributed by atoms with Gasteiger partial charge in [-0.15, -0.1) is 0 Å². The van der Waals surface area contributed by atoms with Crippen molar-refractivity contribution in [2.75, 3.05) is 5.75 Å². The Morgan fingerprint density at radius 3 is 2.37 bits per heavy atom. The van der Waals surface area contributed by atoms with Gasteiger partial charge in [0, 0.05) is 32.3 Å². The van der Waals surface area contributed by atoms with E-state index < -0.39 is 22.4 Å². The molecule has 8 heteroatoms. The fraction of sp³-hybridized carbons (Fsp3) is 0.545. The first-order valence-electron chi connectivity index (χ1n) is 5.91. The molecular weight excluding hydrogens is 268 g/mol. The topological polar surface area (TPSA) is 84.9 Å². The van der Waals surface area contributed by atoms with Crippen LogP contribution in [0.4, 0.5) is 0 Å². The van der Waals surface area contributed by atoms with Crippen LogP contribution in [0.2, 0.25) is 0 Å². The van der Waals surface area contributed by atoms with Crippen LogP contribution in [0.25, 0.3) is 11.2 Å². The van der Waals surface area contributed by atoms with E-state index in [9.17, 15) is 14.1 Å². The Labute approximate surface area is 112 Å². The maximum atomic E-state index is 12.1. The van der Waals surface area contributed by atoms with Crippen molar-refractivity contribution < 1.29 is 4.55 Å². The van der Waals surface area contributed by atoms with Gasteiger partial charge in [0.05, 0.1) is 0 Å². The average Bonchev–Trinajstić information content (AvgIpc) is 2.72. The third-order valence-corrected chi connectivity index (χ3v) is 4.58. The zero-order valence-electron chi connectivity index (χ0n) is 11.3. The van der Waals surface area contributed by atoms with Gasteiger partial charge >= 0.3 is 10.8 Å². The van der Waals surface area contributed by atoms with E-state index in [1.165, 1.54) is 16.2 Å². The fourth-order valence-electron chi connectivity index (χ4n) is 1.98. The average molecular weight is 284 g/mol. The minimum atomic E-state index is -1.27. The van der Waals surface area contributed by atoms with Crippen LogP contribution in [0, 0.1) is 0 Å². The highest BCUT2D eigenvalue weighted by Crippen LogP contribution is 2.15. The van der Waals surface area contributed by atoms with E-state index >= 15 is 0 Å². The molecule has 2 aromatic rings. The van der Waals surface area contributed by atoms with Crippen molar-refractivity contribution in [1.82, 2.24) is 18.7 Å². The molecule has 0 bridgehead atoms. The lowest BCUT2D eigenvalue weighted by Gasteiger charge is -2.07. The van der Waals surface area contributed by atoms with Crippen LogP contribution in [-0.4, -0.2) is 29.0 Å². The third kappa shape index (κ3) is 2.00. The Hall–Kier alpha value is -1.54. The van der Waals surface area contributed by atoms with Gasteiger partial charge in [-0.2, -0.15) is 4.98 Å². The predicted molar refractivity (Wildman–Crippen MR) is 72.8 cm³/mol. The summed E-state index contributed by atoms with van der Waals surface area (Å²) in [6.07, 6.45) is 0.757. The van der Waals surface area contributed by atoms with Crippen LogP contribution in [0.1, 0.15) is 13.3 Å². The van der Waals surface area contributed by atoms with Crippen LogP contribution in [-0.2, 0) is 32.3 Å². The van der Waals surface area contributed by atoms with E-state index in [1.807, 2.05) is 6.92 Å². The zero-order valence-corrected chi connectivity index (χ0v) is 12.2. The molecule has 0 saturated heterocycles. The zero-order chi connectivity index (χ0) is 14.3. The molecule has 0 amide bonds. The van der Waals surface area contributed by atoms with E-state index in [2.05, 4.69) is 4.98 Å². The van der Waals surface area contributed by atoms with Crippen molar-refractivity contribution in [2.45, 2.75) is 18.5 Å². The standard InChI is InChI=1S/C11H16N4O3S/c1-5-6-19(18)10-12-8-7(13(10)2)9(16)15(4)11(17)14(8)3/h5-6H2,1-4H3. The summed E-state index contributed by atoms with van der Waals surface area (Å²) in [6.45, 7) is 1.93. The van der Waals surface area contributed by atoms with Crippen LogP contribution in [0.5, 0.6) is 0 Å². The monoisotopic (exact) mass is 284 g/mol. The lowest BCUT2D eigenvalue weighted by molar-refractivity contribution is 0.578. The van der Waals surface area contributed by atoms with Gasteiger partial charge in [0.15, 0.2) is 11.2 Å². The number of imidazole rings is 1. The maximum absolute atomic E-state index is 12.1. The molecule has 104 valence electrons. The number of aromatic nitrogens is 4. The predicted octanol–water partition coefficient (Wildman–Crippen LogP) is -0.512. The largest absolute Gasteiger partial charge is 0.609 e. The van der Waals surface area contributed by atoms with Gasteiger partial charge in [-0.25, -0.2) is 4.79 Å². The van der Waals surface area contributed by atoms with E-state index in [0.717, 1.165) is 11.0 Å². The van der Waals surface area contributed by atoms with E-state index in [1.54, 1.807) is 14.1 Å². The minimum Gasteiger partial charge on any atom is -0.609 e. The second kappa shape index (κ2) is 4.86. The highest BCUT2D eigenvalue weighted by Gasteiger charge is 2.23. The SMILES string of the molecule is CCC[S+]([O-])c1nc2c(c(=O)n(C)c(=O)n2C)n1C. The molecule has 0 spiro atoms. The summed E-state index contributed by atoms with van der Waals surface area (Å²) in [5.41, 5.74) is -0.296. The Morgan fingerprint density at radius 1 is 1.16 bits per heavy atom. The van der Waals surface area contributed by atoms with Gasteiger partial charge in [-0.3, -0.25) is 18.5 Å². The van der Waals surface area contributed by atoms with Crippen molar-refractivity contribution in [2.24, 2.45) is 21.1 Å². The smallest absolute Gasteiger partial charge is 0.332 e. The first-order valence-corrected chi connectivity index (χ1v) is 7.22. The van der Waals surface area contributed by atoms with Crippen LogP contribution in [0.15, 0.2) is 14.7 Å². The quantitative estimate of drug-likeness (QED) is 0.710. The summed E-state index contributed by atoms with van der Waals surface area (Å²) < 4.78 is 15.9. The van der Waals surface area contributed by atoms with Gasteiger partial charge in [-0.1, -0.05) is 6.92 Å². The van der Waals surface area contributed by atoms with Crippen LogP contribution in [0.3, 0.4) is 0 Å². The number of rotatable bonds is 3. The maximum Gasteiger partial charge on any atom is 0.332 e. The van der Waals surface area contributed by atoms with E-state index in [-0.39, 0.29) is 5.65 Å². The summed E-state index contributed by atoms with van der Waals surface area (Å²) in [5, 5.41) is 0.329. The second-order valence-electron chi connectivity index (χ2n) is 4.38. The number of hydrogen-bond acceptors (Lipinski definition) is 4. The highest BCUT2D eigenvalue weighted by atomic mass is 32.2. The van der Waals surface area contributed by atoms with E-state index in [4.69, 9.17) is 0 Å². The Balaban J connectivity index is 2.85. The molecule has 1 unspecified atom stereocenters. The Bertz CT molecular complexity index is 743. The Kier molecular flexibility index (Phi) is 3.55. The number of nitrogens with zero attached hydrogens (tertiary/aromatic N) is 4. The molecule has 0 radical (unpaired) electrons. The lowest BCUT2D eigenvalue weighted by Crippen LogP contribution is -2.37. The third-order valence-electron chi connectivity index (χ3n) is 3.03. The molecule has 0 aliphatic rings. The van der Waals surface area contributed by atoms with Crippen molar-refractivity contribution in [3.63, 3.8) is 0 Å². The summed E-state index contributed by atoms with van der Waals surface area (Å²) in [4.78, 5) is 28.1. The molecule has 7 nitrogen and oxygen atoms in total. The highest BCUT2D eigenvalue weighted by molar-refractivity contribution is 7.91. The summed E-state index contributed by atoms with van der Waals surface area (Å²) in [7, 11) is 4.60. The molecular formula is C11H16N4O3S. The second-order valence-corrected chi connectivity index (χ2v) is 5.85. The minimum absolute atomic E-state index is 0.273. The van der Waals surface area contributed by atoms with Gasteiger partial charge in [0.2, 0.25) is 0 Å². The lowest BCUT2D eigenvalue weighted by atomic mass is 10.5. The van der Waals surface area contributed by atoms with Crippen molar-refractivity contribution in [3.05, 3.63) is 20.8 Å². The molecule has 19 heavy (non-hydrogen) atoms. The summed E-state index contributed by atoms with van der Waals surface area (Å²) in [5.74, 6) is 0.478. The molecule has 2 aromatic heterocycles. The molecule has 0 aromatic carbocycles. The molecule has 0 aliphatic carbocycles. The summed E-state index contributed by atoms with van der Waals surface area (Å²) in [6, 6.07) is 0. The number of hydrogen-bond donors (Lipinski definition) is 0. The number of fused-ring (bicyclic) bond motifs is 1. The van der Waals surface area contributed by atoms with Crippen LogP contribution >= 0.6 is 0 Å².